The Balaban J connectivity index is 1.63. The Morgan fingerprint density at radius 1 is 0.949 bits per heavy atom. The van der Waals surface area contributed by atoms with Gasteiger partial charge >= 0.3 is 5.56 Å². The summed E-state index contributed by atoms with van der Waals surface area (Å²) in [5, 5.41) is 35.8. The van der Waals surface area contributed by atoms with Crippen LogP contribution in [0.2, 0.25) is 0 Å². The molecule has 0 unspecified atom stereocenters. The summed E-state index contributed by atoms with van der Waals surface area (Å²) < 4.78 is 6.23. The number of non-ortho nitro benzene ring substituents is 1. The largest absolute Gasteiger partial charge is 0.496 e. The van der Waals surface area contributed by atoms with Gasteiger partial charge in [0.25, 0.3) is 11.4 Å². The number of rotatable bonds is 8. The van der Waals surface area contributed by atoms with E-state index in [1.807, 2.05) is 30.3 Å². The van der Waals surface area contributed by atoms with Crippen molar-refractivity contribution in [3.8, 4) is 33.4 Å². The number of hydrogen-bond donors (Lipinski definition) is 1. The summed E-state index contributed by atoms with van der Waals surface area (Å²) in [6.07, 6.45) is 0. The zero-order chi connectivity index (χ0) is 27.5. The Hall–Kier alpha value is -5.50. The number of azo groups is 1. The number of ether oxygens (including phenoxy) is 1. The first-order chi connectivity index (χ1) is 18.9. The first-order valence-electron chi connectivity index (χ1n) is 11.2. The summed E-state index contributed by atoms with van der Waals surface area (Å²) in [6, 6.07) is 18.9. The highest BCUT2D eigenvalue weighted by molar-refractivity contribution is 7.12. The van der Waals surface area contributed by atoms with Gasteiger partial charge < -0.3 is 4.74 Å². The molecule has 5 aromatic rings. The molecule has 5 rings (SSSR count). The number of nitro groups is 2. The minimum atomic E-state index is -0.635. The number of hydrogen-bond acceptors (Lipinski definition) is 10. The highest BCUT2D eigenvalue weighted by atomic mass is 32.1. The molecule has 1 N–H and O–H groups in total. The van der Waals surface area contributed by atoms with Gasteiger partial charge in [0.05, 0.1) is 34.4 Å². The first kappa shape index (κ1) is 25.2. The molecule has 39 heavy (non-hydrogen) atoms. The van der Waals surface area contributed by atoms with Crippen molar-refractivity contribution in [2.24, 2.45) is 10.2 Å². The fourth-order valence-electron chi connectivity index (χ4n) is 3.68. The summed E-state index contributed by atoms with van der Waals surface area (Å²) in [7, 11) is 1.38. The molecule has 0 bridgehead atoms. The van der Waals surface area contributed by atoms with Gasteiger partial charge in [-0.2, -0.15) is 4.68 Å². The van der Waals surface area contributed by atoms with E-state index in [0.29, 0.717) is 16.4 Å². The van der Waals surface area contributed by atoms with Gasteiger partial charge in [-0.3, -0.25) is 30.1 Å². The number of H-pyrrole nitrogens is 1. The van der Waals surface area contributed by atoms with Crippen LogP contribution < -0.4 is 10.3 Å². The second kappa shape index (κ2) is 10.5. The minimum absolute atomic E-state index is 0.0942. The van der Waals surface area contributed by atoms with E-state index in [-0.39, 0.29) is 34.2 Å². The van der Waals surface area contributed by atoms with Crippen LogP contribution in [0.1, 0.15) is 0 Å². The lowest BCUT2D eigenvalue weighted by molar-refractivity contribution is -0.384. The van der Waals surface area contributed by atoms with E-state index in [9.17, 15) is 25.0 Å². The third kappa shape index (κ3) is 5.03. The van der Waals surface area contributed by atoms with Crippen LogP contribution in [0.4, 0.5) is 22.7 Å². The third-order valence-corrected chi connectivity index (χ3v) is 6.45. The van der Waals surface area contributed by atoms with Crippen molar-refractivity contribution in [1.82, 2.24) is 14.8 Å². The van der Waals surface area contributed by atoms with Crippen LogP contribution in [-0.4, -0.2) is 31.7 Å². The second-order valence-electron chi connectivity index (χ2n) is 7.97. The summed E-state index contributed by atoms with van der Waals surface area (Å²) in [6.45, 7) is 0. The molecular weight excluding hydrogens is 526 g/mol. The Kier molecular flexibility index (Phi) is 6.75. The van der Waals surface area contributed by atoms with Crippen LogP contribution in [0.25, 0.3) is 27.6 Å². The fourth-order valence-corrected chi connectivity index (χ4v) is 4.47. The molecule has 0 aliphatic rings. The highest BCUT2D eigenvalue weighted by Gasteiger charge is 2.21. The summed E-state index contributed by atoms with van der Waals surface area (Å²) >= 11 is 1.22. The Bertz CT molecular complexity index is 1770. The van der Waals surface area contributed by atoms with Crippen LogP contribution in [0.5, 0.6) is 5.75 Å². The van der Waals surface area contributed by atoms with Crippen LogP contribution in [-0.2, 0) is 0 Å². The van der Waals surface area contributed by atoms with Gasteiger partial charge in [-0.25, -0.2) is 4.98 Å². The predicted molar refractivity (Wildman–Crippen MR) is 143 cm³/mol. The number of thiazole rings is 1. The maximum absolute atomic E-state index is 13.5. The lowest BCUT2D eigenvalue weighted by atomic mass is 10.1. The van der Waals surface area contributed by atoms with Gasteiger partial charge in [-0.1, -0.05) is 30.3 Å². The number of nitro benzene ring substituents is 2. The van der Waals surface area contributed by atoms with E-state index in [0.717, 1.165) is 5.56 Å². The van der Waals surface area contributed by atoms with E-state index >= 15 is 0 Å². The van der Waals surface area contributed by atoms with Crippen molar-refractivity contribution >= 4 is 34.1 Å². The van der Waals surface area contributed by atoms with E-state index < -0.39 is 15.4 Å². The van der Waals surface area contributed by atoms with Gasteiger partial charge in [-0.05, 0) is 24.3 Å². The van der Waals surface area contributed by atoms with E-state index in [1.165, 1.54) is 65.6 Å². The molecular formula is C25H17N7O6S. The topological polar surface area (TPSA) is 171 Å². The van der Waals surface area contributed by atoms with E-state index in [1.54, 1.807) is 5.38 Å². The average Bonchev–Trinajstić information content (AvgIpc) is 3.57. The molecule has 3 aromatic carbocycles. The van der Waals surface area contributed by atoms with Gasteiger partial charge in [0.1, 0.15) is 5.75 Å². The zero-order valence-corrected chi connectivity index (χ0v) is 20.9. The number of nitrogens with zero attached hydrogens (tertiary/aromatic N) is 6. The normalized spacial score (nSPS) is 11.1. The Labute approximate surface area is 223 Å². The maximum atomic E-state index is 13.5. The van der Waals surface area contributed by atoms with Crippen molar-refractivity contribution < 1.29 is 14.6 Å². The molecule has 0 atom stereocenters. The molecule has 0 fully saturated rings. The standard InChI is InChI=1S/C25H17N7O6S/c1-38-18-11-12-19(21(13-18)32(36)37)27-28-23-22(16-7-9-17(10-8-16)31(34)35)29-30(24(23)33)25-26-20(14-39-25)15-5-3-2-4-6-15/h2-14,29H,1H3. The van der Waals surface area contributed by atoms with Crippen LogP contribution in [0.15, 0.2) is 93.2 Å². The van der Waals surface area contributed by atoms with Crippen molar-refractivity contribution in [2.45, 2.75) is 0 Å². The molecule has 0 aliphatic heterocycles. The highest BCUT2D eigenvalue weighted by Crippen LogP contribution is 2.35. The second-order valence-corrected chi connectivity index (χ2v) is 8.81. The average molecular weight is 544 g/mol. The number of aromatic amines is 1. The van der Waals surface area contributed by atoms with Crippen molar-refractivity contribution in [2.75, 3.05) is 7.11 Å². The summed E-state index contributed by atoms with van der Waals surface area (Å²) in [5.74, 6) is 0.259. The van der Waals surface area contributed by atoms with Gasteiger partial charge in [0, 0.05) is 28.6 Å². The molecule has 2 heterocycles. The van der Waals surface area contributed by atoms with E-state index in [4.69, 9.17) is 4.74 Å². The molecule has 13 nitrogen and oxygen atoms in total. The molecule has 0 radical (unpaired) electrons. The Morgan fingerprint density at radius 3 is 2.36 bits per heavy atom. The van der Waals surface area contributed by atoms with Gasteiger partial charge in [0.2, 0.25) is 5.13 Å². The minimum Gasteiger partial charge on any atom is -0.496 e. The van der Waals surface area contributed by atoms with Crippen LogP contribution >= 0.6 is 11.3 Å². The lowest BCUT2D eigenvalue weighted by Gasteiger charge is -2.01. The molecule has 0 saturated heterocycles. The smallest absolute Gasteiger partial charge is 0.301 e. The van der Waals surface area contributed by atoms with Gasteiger partial charge in [-0.15, -0.1) is 21.6 Å². The first-order valence-corrected chi connectivity index (χ1v) is 12.1. The monoisotopic (exact) mass is 543 g/mol. The Morgan fingerprint density at radius 2 is 1.69 bits per heavy atom. The quantitative estimate of drug-likeness (QED) is 0.138. The van der Waals surface area contributed by atoms with Crippen molar-refractivity contribution in [1.29, 1.82) is 0 Å². The molecule has 0 spiro atoms. The van der Waals surface area contributed by atoms with E-state index in [2.05, 4.69) is 20.3 Å². The fraction of sp³-hybridized carbons (Fsp3) is 0.0400. The molecule has 194 valence electrons. The molecule has 0 aliphatic carbocycles. The predicted octanol–water partition coefficient (Wildman–Crippen LogP) is 6.20. The third-order valence-electron chi connectivity index (χ3n) is 5.62. The van der Waals surface area contributed by atoms with Crippen molar-refractivity contribution in [3.63, 3.8) is 0 Å². The lowest BCUT2D eigenvalue weighted by Crippen LogP contribution is -2.13. The zero-order valence-electron chi connectivity index (χ0n) is 20.0. The van der Waals surface area contributed by atoms with Crippen LogP contribution in [0.3, 0.4) is 0 Å². The van der Waals surface area contributed by atoms with Gasteiger partial charge in [0.15, 0.2) is 11.4 Å². The number of aromatic nitrogens is 3. The van der Waals surface area contributed by atoms with Crippen LogP contribution in [0, 0.1) is 20.2 Å². The molecule has 0 saturated carbocycles. The number of nitrogens with one attached hydrogen (secondary N) is 1. The number of benzene rings is 3. The molecule has 14 heteroatoms. The SMILES string of the molecule is COc1ccc(N=Nc2c(-c3ccc([N+](=O)[O-])cc3)[nH]n(-c3nc(-c4ccccc4)cs3)c2=O)c([N+](=O)[O-])c1. The van der Waals surface area contributed by atoms with Crippen molar-refractivity contribution in [3.05, 3.63) is 109 Å². The summed E-state index contributed by atoms with van der Waals surface area (Å²) in [4.78, 5) is 39.6. The molecule has 0 amide bonds. The summed E-state index contributed by atoms with van der Waals surface area (Å²) in [5.41, 5.74) is 0.767. The number of methoxy groups -OCH3 is 1. The molecule has 2 aromatic heterocycles. The maximum Gasteiger partial charge on any atom is 0.301 e.